The second kappa shape index (κ2) is 11.1. The van der Waals surface area contributed by atoms with Gasteiger partial charge >= 0.3 is 5.97 Å². The third kappa shape index (κ3) is 6.24. The Labute approximate surface area is 213 Å². The van der Waals surface area contributed by atoms with E-state index in [4.69, 9.17) is 0 Å². The van der Waals surface area contributed by atoms with Crippen LogP contribution in [0.4, 0.5) is 5.69 Å². The van der Waals surface area contributed by atoms with Crippen molar-refractivity contribution in [2.24, 2.45) is 0 Å². The molecule has 188 valence electrons. The Balaban J connectivity index is 1.34. The number of aryl methyl sites for hydroxylation is 1. The molecule has 0 radical (unpaired) electrons. The zero-order valence-corrected chi connectivity index (χ0v) is 21.0. The second-order valence-corrected chi connectivity index (χ2v) is 10.5. The lowest BCUT2D eigenvalue weighted by atomic mass is 9.99. The number of carboxylic acid groups (broad SMARTS) is 1. The van der Waals surface area contributed by atoms with Crippen LogP contribution in [0.25, 0.3) is 11.0 Å². The lowest BCUT2D eigenvalue weighted by Gasteiger charge is -2.28. The maximum Gasteiger partial charge on any atom is 0.337 e. The van der Waals surface area contributed by atoms with E-state index in [-0.39, 0.29) is 11.1 Å². The predicted molar refractivity (Wildman–Crippen MR) is 141 cm³/mol. The molecule has 4 rings (SSSR count). The first-order chi connectivity index (χ1) is 17.2. The van der Waals surface area contributed by atoms with Gasteiger partial charge in [-0.25, -0.2) is 14.5 Å². The summed E-state index contributed by atoms with van der Waals surface area (Å²) in [5.74, 6) is -0.993. The van der Waals surface area contributed by atoms with E-state index in [0.717, 1.165) is 17.5 Å². The van der Waals surface area contributed by atoms with Crippen molar-refractivity contribution in [2.75, 3.05) is 11.3 Å². The van der Waals surface area contributed by atoms with Crippen molar-refractivity contribution in [1.82, 2.24) is 14.9 Å². The molecule has 3 aromatic carbocycles. The van der Waals surface area contributed by atoms with E-state index in [1.807, 2.05) is 47.0 Å². The fourth-order valence-corrected chi connectivity index (χ4v) is 4.80. The molecule has 0 spiro atoms. The number of fused-ring (bicyclic) bond motifs is 1. The van der Waals surface area contributed by atoms with E-state index in [9.17, 15) is 19.6 Å². The van der Waals surface area contributed by atoms with Crippen LogP contribution in [-0.4, -0.2) is 42.4 Å². The van der Waals surface area contributed by atoms with Crippen LogP contribution in [0, 0.1) is 0 Å². The van der Waals surface area contributed by atoms with Crippen molar-refractivity contribution in [2.45, 2.75) is 43.4 Å². The number of aromatic nitrogens is 2. The molecule has 1 aromatic heterocycles. The SMILES string of the molecule is CC(C)(CCn1cnc2c(C(=O)O)cccc21)NCC(O)c1cccc(N[S+]([O-])c2ccccc2)c1. The maximum absolute atomic E-state index is 12.5. The number of carboxylic acids is 1. The lowest BCUT2D eigenvalue weighted by Crippen LogP contribution is -2.42. The standard InChI is InChI=1S/C27H30N4O4S/c1-27(2,14-15-31-18-28-25-22(26(33)34)12-7-13-23(25)31)29-17-24(32)19-8-6-9-20(16-19)30-36(35)21-10-4-3-5-11-21/h3-13,16,18,24,29-30,32H,14-15,17H2,1-2H3,(H,33,34). The molecule has 0 fully saturated rings. The number of imidazole rings is 1. The van der Waals surface area contributed by atoms with Gasteiger partial charge in [-0.05, 0) is 62.2 Å². The van der Waals surface area contributed by atoms with E-state index in [0.29, 0.717) is 29.2 Å². The summed E-state index contributed by atoms with van der Waals surface area (Å²) in [6, 6.07) is 21.6. The summed E-state index contributed by atoms with van der Waals surface area (Å²) in [6.45, 7) is 5.09. The van der Waals surface area contributed by atoms with E-state index in [1.165, 1.54) is 0 Å². The first-order valence-electron chi connectivity index (χ1n) is 11.7. The molecule has 0 amide bonds. The topological polar surface area (TPSA) is 122 Å². The number of benzene rings is 3. The molecule has 2 unspecified atom stereocenters. The number of rotatable bonds is 11. The van der Waals surface area contributed by atoms with Crippen molar-refractivity contribution < 1.29 is 19.6 Å². The number of carbonyl (C=O) groups is 1. The number of nitrogens with zero attached hydrogens (tertiary/aromatic N) is 2. The highest BCUT2D eigenvalue weighted by molar-refractivity contribution is 7.92. The predicted octanol–water partition coefficient (Wildman–Crippen LogP) is 4.36. The molecule has 0 saturated carbocycles. The van der Waals surface area contributed by atoms with Gasteiger partial charge in [0, 0.05) is 18.6 Å². The van der Waals surface area contributed by atoms with E-state index < -0.39 is 23.4 Å². The van der Waals surface area contributed by atoms with Gasteiger partial charge in [0.05, 0.1) is 29.2 Å². The average molecular weight is 507 g/mol. The zero-order valence-electron chi connectivity index (χ0n) is 20.2. The van der Waals surface area contributed by atoms with Crippen molar-refractivity contribution in [3.8, 4) is 0 Å². The number of nitrogens with one attached hydrogen (secondary N) is 2. The summed E-state index contributed by atoms with van der Waals surface area (Å²) in [7, 11) is 0. The van der Waals surface area contributed by atoms with Gasteiger partial charge in [-0.3, -0.25) is 0 Å². The number of aliphatic hydroxyl groups excluding tert-OH is 1. The van der Waals surface area contributed by atoms with Gasteiger partial charge in [-0.15, -0.1) is 0 Å². The molecule has 0 bridgehead atoms. The Morgan fingerprint density at radius 1 is 1.11 bits per heavy atom. The summed E-state index contributed by atoms with van der Waals surface area (Å²) >= 11 is -1.39. The van der Waals surface area contributed by atoms with Crippen molar-refractivity contribution in [3.05, 3.63) is 90.3 Å². The van der Waals surface area contributed by atoms with E-state index in [1.54, 1.807) is 36.7 Å². The van der Waals surface area contributed by atoms with Crippen LogP contribution in [0.3, 0.4) is 0 Å². The summed E-state index contributed by atoms with van der Waals surface area (Å²) < 4.78 is 17.5. The molecule has 8 nitrogen and oxygen atoms in total. The van der Waals surface area contributed by atoms with Gasteiger partial charge in [0.1, 0.15) is 16.9 Å². The second-order valence-electron chi connectivity index (χ2n) is 9.26. The number of aliphatic hydroxyl groups is 1. The molecular formula is C27H30N4O4S. The molecular weight excluding hydrogens is 476 g/mol. The highest BCUT2D eigenvalue weighted by Crippen LogP contribution is 2.23. The number of hydrogen-bond acceptors (Lipinski definition) is 6. The van der Waals surface area contributed by atoms with Crippen molar-refractivity contribution >= 4 is 34.1 Å². The first kappa shape index (κ1) is 25.7. The lowest BCUT2D eigenvalue weighted by molar-refractivity contribution is 0.0699. The number of β-amino-alcohol motifs (C(OH)–C–C–N with tert-alkyl or cyclic N) is 1. The third-order valence-electron chi connectivity index (χ3n) is 6.07. The zero-order chi connectivity index (χ0) is 25.7. The van der Waals surface area contributed by atoms with Crippen molar-refractivity contribution in [3.63, 3.8) is 0 Å². The number of hydrogen-bond donors (Lipinski definition) is 4. The molecule has 36 heavy (non-hydrogen) atoms. The molecule has 9 heteroatoms. The van der Waals surface area contributed by atoms with Gasteiger partial charge in [0.15, 0.2) is 4.90 Å². The Hall–Kier alpha value is -3.37. The Morgan fingerprint density at radius 2 is 1.86 bits per heavy atom. The normalized spacial score (nSPS) is 13.4. The first-order valence-corrected chi connectivity index (χ1v) is 12.8. The van der Waals surface area contributed by atoms with Crippen LogP contribution in [0.15, 0.2) is 84.0 Å². The molecule has 4 aromatic rings. The fourth-order valence-electron chi connectivity index (χ4n) is 3.94. The van der Waals surface area contributed by atoms with Crippen LogP contribution in [0.5, 0.6) is 0 Å². The van der Waals surface area contributed by atoms with Crippen molar-refractivity contribution in [1.29, 1.82) is 0 Å². The molecule has 0 aliphatic heterocycles. The van der Waals surface area contributed by atoms with Gasteiger partial charge in [-0.1, -0.05) is 36.4 Å². The van der Waals surface area contributed by atoms with E-state index in [2.05, 4.69) is 28.9 Å². The highest BCUT2D eigenvalue weighted by Gasteiger charge is 2.21. The molecule has 1 heterocycles. The monoisotopic (exact) mass is 506 g/mol. The molecule has 0 saturated heterocycles. The molecule has 2 atom stereocenters. The summed E-state index contributed by atoms with van der Waals surface area (Å²) in [5, 5.41) is 23.6. The average Bonchev–Trinajstić information content (AvgIpc) is 3.30. The highest BCUT2D eigenvalue weighted by atomic mass is 32.2. The molecule has 0 aliphatic carbocycles. The smallest absolute Gasteiger partial charge is 0.337 e. The quantitative estimate of drug-likeness (QED) is 0.223. The summed E-state index contributed by atoms with van der Waals surface area (Å²) in [4.78, 5) is 16.4. The maximum atomic E-state index is 12.5. The fraction of sp³-hybridized carbons (Fsp3) is 0.259. The van der Waals surface area contributed by atoms with Gasteiger partial charge in [0.2, 0.25) is 0 Å². The Bertz CT molecular complexity index is 1330. The summed E-state index contributed by atoms with van der Waals surface area (Å²) in [5.41, 5.74) is 2.54. The Morgan fingerprint density at radius 3 is 2.61 bits per heavy atom. The van der Waals surface area contributed by atoms with Crippen LogP contribution in [0.1, 0.15) is 42.3 Å². The van der Waals surface area contributed by atoms with Crippen LogP contribution in [0.2, 0.25) is 0 Å². The Kier molecular flexibility index (Phi) is 7.95. The largest absolute Gasteiger partial charge is 0.588 e. The number of aromatic carboxylic acids is 1. The molecule has 4 N–H and O–H groups in total. The minimum Gasteiger partial charge on any atom is -0.588 e. The number of para-hydroxylation sites is 1. The minimum atomic E-state index is -1.39. The van der Waals surface area contributed by atoms with Crippen LogP contribution < -0.4 is 10.0 Å². The molecule has 0 aliphatic rings. The van der Waals surface area contributed by atoms with Gasteiger partial charge < -0.3 is 24.6 Å². The summed E-state index contributed by atoms with van der Waals surface area (Å²) in [6.07, 6.45) is 1.66. The number of anilines is 1. The van der Waals surface area contributed by atoms with Gasteiger partial charge in [0.25, 0.3) is 0 Å². The van der Waals surface area contributed by atoms with Crippen LogP contribution >= 0.6 is 0 Å². The third-order valence-corrected chi connectivity index (χ3v) is 7.19. The minimum absolute atomic E-state index is 0.191. The van der Waals surface area contributed by atoms with Gasteiger partial charge in [-0.2, -0.15) is 0 Å². The van der Waals surface area contributed by atoms with E-state index >= 15 is 0 Å². The van der Waals surface area contributed by atoms with Crippen LogP contribution in [-0.2, 0) is 17.9 Å².